The van der Waals surface area contributed by atoms with E-state index in [4.69, 9.17) is 9.47 Å². The van der Waals surface area contributed by atoms with Gasteiger partial charge in [0.05, 0.1) is 24.3 Å². The zero-order valence-electron chi connectivity index (χ0n) is 19.5. The number of amides is 1. The van der Waals surface area contributed by atoms with Crippen LogP contribution in [0.25, 0.3) is 0 Å². The van der Waals surface area contributed by atoms with Crippen LogP contribution in [0.15, 0.2) is 53.5 Å². The van der Waals surface area contributed by atoms with Crippen molar-refractivity contribution in [3.8, 4) is 5.75 Å². The average Bonchev–Trinajstić information content (AvgIpc) is 2.88. The lowest BCUT2D eigenvalue weighted by Gasteiger charge is -2.40. The maximum absolute atomic E-state index is 13.1. The molecule has 2 aliphatic rings. The molecule has 2 aliphatic heterocycles. The van der Waals surface area contributed by atoms with Gasteiger partial charge >= 0.3 is 5.97 Å². The minimum atomic E-state index is -1.24. The molecule has 0 aromatic heterocycles. The number of ether oxygens (including phenoxy) is 2. The Labute approximate surface area is 202 Å². The van der Waals surface area contributed by atoms with Crippen molar-refractivity contribution in [1.29, 1.82) is 0 Å². The molecule has 1 N–H and O–H groups in total. The number of esters is 1. The van der Waals surface area contributed by atoms with E-state index in [0.717, 1.165) is 11.4 Å². The van der Waals surface area contributed by atoms with E-state index in [1.54, 1.807) is 20.1 Å². The van der Waals surface area contributed by atoms with Gasteiger partial charge in [-0.15, -0.1) is 0 Å². The summed E-state index contributed by atoms with van der Waals surface area (Å²) in [6.45, 7) is 4.23. The molecule has 0 aliphatic carbocycles. The number of guanidine groups is 1. The van der Waals surface area contributed by atoms with Gasteiger partial charge in [-0.2, -0.15) is 0 Å². The van der Waals surface area contributed by atoms with Gasteiger partial charge in [0.15, 0.2) is 5.92 Å². The molecule has 2 atom stereocenters. The van der Waals surface area contributed by atoms with Gasteiger partial charge in [-0.1, -0.05) is 24.3 Å². The standard InChI is InChI=1S/C24H27N5O6/c1-3-35-23(31)20-21(16-7-6-8-17(15-16)29(32)33)25-24(26-22(20)30)28-13-11-27(12-14-28)18-9-4-5-10-19(18)34-2/h4-10,15,20-21H,3,11-14H2,1-2H3,(H,25,26,30). The third kappa shape index (κ3) is 5.03. The second-order valence-corrected chi connectivity index (χ2v) is 8.11. The van der Waals surface area contributed by atoms with Crippen LogP contribution in [0.4, 0.5) is 11.4 Å². The predicted octanol–water partition coefficient (Wildman–Crippen LogP) is 2.13. The van der Waals surface area contributed by atoms with Crippen LogP contribution in [-0.4, -0.2) is 67.6 Å². The van der Waals surface area contributed by atoms with Crippen molar-refractivity contribution in [2.75, 3.05) is 44.8 Å². The summed E-state index contributed by atoms with van der Waals surface area (Å²) in [6, 6.07) is 12.7. The SMILES string of the molecule is CCOC(=O)C1C(=O)NC(N2CCN(c3ccccc3OC)CC2)=NC1c1cccc([N+](=O)[O-])c1. The van der Waals surface area contributed by atoms with E-state index in [9.17, 15) is 19.7 Å². The Morgan fingerprint density at radius 3 is 2.54 bits per heavy atom. The van der Waals surface area contributed by atoms with Gasteiger partial charge < -0.3 is 19.3 Å². The lowest BCUT2D eigenvalue weighted by molar-refractivity contribution is -0.384. The zero-order chi connectivity index (χ0) is 24.9. The molecule has 1 amide bonds. The summed E-state index contributed by atoms with van der Waals surface area (Å²) in [7, 11) is 1.63. The number of nitro groups is 1. The molecule has 2 unspecified atom stereocenters. The van der Waals surface area contributed by atoms with Crippen molar-refractivity contribution < 1.29 is 24.0 Å². The summed E-state index contributed by atoms with van der Waals surface area (Å²) in [5.74, 6) is -1.38. The lowest BCUT2D eigenvalue weighted by atomic mass is 9.91. The Morgan fingerprint density at radius 1 is 1.14 bits per heavy atom. The number of aliphatic imine (C=N–C) groups is 1. The monoisotopic (exact) mass is 481 g/mol. The van der Waals surface area contributed by atoms with Crippen LogP contribution in [0, 0.1) is 16.0 Å². The van der Waals surface area contributed by atoms with Crippen LogP contribution in [0.2, 0.25) is 0 Å². The molecule has 35 heavy (non-hydrogen) atoms. The quantitative estimate of drug-likeness (QED) is 0.288. The van der Waals surface area contributed by atoms with Crippen LogP contribution in [0.3, 0.4) is 0 Å². The van der Waals surface area contributed by atoms with Crippen LogP contribution in [0.5, 0.6) is 5.75 Å². The highest BCUT2D eigenvalue weighted by Crippen LogP contribution is 2.33. The van der Waals surface area contributed by atoms with Gasteiger partial charge in [0, 0.05) is 38.3 Å². The number of nitrogens with one attached hydrogen (secondary N) is 1. The molecule has 0 bridgehead atoms. The highest BCUT2D eigenvalue weighted by Gasteiger charge is 2.42. The molecular formula is C24H27N5O6. The first kappa shape index (κ1) is 24.0. The number of nitro benzene ring substituents is 1. The van der Waals surface area contributed by atoms with Crippen molar-refractivity contribution in [1.82, 2.24) is 10.2 Å². The first-order valence-electron chi connectivity index (χ1n) is 11.4. The molecule has 1 saturated heterocycles. The predicted molar refractivity (Wildman–Crippen MR) is 128 cm³/mol. The Balaban J connectivity index is 1.60. The summed E-state index contributed by atoms with van der Waals surface area (Å²) in [4.78, 5) is 45.3. The number of nitrogens with zero attached hydrogens (tertiary/aromatic N) is 4. The summed E-state index contributed by atoms with van der Waals surface area (Å²) in [6.07, 6.45) is 0. The van der Waals surface area contributed by atoms with Gasteiger partial charge in [0.25, 0.3) is 5.69 Å². The molecule has 4 rings (SSSR count). The Kier molecular flexibility index (Phi) is 7.14. The minimum absolute atomic E-state index is 0.103. The van der Waals surface area contributed by atoms with Crippen LogP contribution >= 0.6 is 0 Å². The first-order chi connectivity index (χ1) is 16.9. The molecule has 0 spiro atoms. The molecule has 2 aromatic carbocycles. The van der Waals surface area contributed by atoms with Gasteiger partial charge in [-0.3, -0.25) is 25.0 Å². The number of piperazine rings is 1. The molecule has 184 valence electrons. The second-order valence-electron chi connectivity index (χ2n) is 8.11. The van der Waals surface area contributed by atoms with E-state index in [0.29, 0.717) is 37.7 Å². The molecule has 2 aromatic rings. The normalized spacial score (nSPS) is 20.1. The summed E-state index contributed by atoms with van der Waals surface area (Å²) in [5.41, 5.74) is 1.25. The zero-order valence-corrected chi connectivity index (χ0v) is 19.5. The molecule has 0 saturated carbocycles. The summed E-state index contributed by atoms with van der Waals surface area (Å²) < 4.78 is 10.6. The van der Waals surface area contributed by atoms with Crippen LogP contribution in [0.1, 0.15) is 18.5 Å². The summed E-state index contributed by atoms with van der Waals surface area (Å²) in [5, 5.41) is 14.0. The number of methoxy groups -OCH3 is 1. The molecule has 2 heterocycles. The lowest BCUT2D eigenvalue weighted by Crippen LogP contribution is -2.57. The van der Waals surface area contributed by atoms with Gasteiger partial charge in [0.2, 0.25) is 11.9 Å². The number of anilines is 1. The molecular weight excluding hydrogens is 454 g/mol. The highest BCUT2D eigenvalue weighted by molar-refractivity contribution is 6.08. The maximum atomic E-state index is 13.1. The summed E-state index contributed by atoms with van der Waals surface area (Å²) >= 11 is 0. The Morgan fingerprint density at radius 2 is 1.86 bits per heavy atom. The van der Waals surface area contributed by atoms with Gasteiger partial charge in [-0.25, -0.2) is 4.99 Å². The van der Waals surface area contributed by atoms with Gasteiger partial charge in [-0.05, 0) is 24.6 Å². The van der Waals surface area contributed by atoms with Crippen molar-refractivity contribution >= 4 is 29.2 Å². The van der Waals surface area contributed by atoms with Crippen molar-refractivity contribution in [2.45, 2.75) is 13.0 Å². The van der Waals surface area contributed by atoms with E-state index in [1.165, 1.54) is 18.2 Å². The fourth-order valence-electron chi connectivity index (χ4n) is 4.34. The number of hydrogen-bond acceptors (Lipinski definition) is 9. The molecule has 11 heteroatoms. The largest absolute Gasteiger partial charge is 0.495 e. The number of para-hydroxylation sites is 2. The topological polar surface area (TPSA) is 127 Å². The highest BCUT2D eigenvalue weighted by atomic mass is 16.6. The second kappa shape index (κ2) is 10.4. The maximum Gasteiger partial charge on any atom is 0.321 e. The third-order valence-electron chi connectivity index (χ3n) is 6.06. The fourth-order valence-corrected chi connectivity index (χ4v) is 4.34. The Bertz CT molecular complexity index is 1140. The average molecular weight is 482 g/mol. The van der Waals surface area contributed by atoms with Crippen molar-refractivity contribution in [3.05, 3.63) is 64.2 Å². The molecule has 0 radical (unpaired) electrons. The number of hydrogen-bond donors (Lipinski definition) is 1. The third-order valence-corrected chi connectivity index (χ3v) is 6.06. The number of carbonyl (C=O) groups excluding carboxylic acids is 2. The van der Waals surface area contributed by atoms with E-state index in [2.05, 4.69) is 15.2 Å². The van der Waals surface area contributed by atoms with E-state index >= 15 is 0 Å². The van der Waals surface area contributed by atoms with Crippen molar-refractivity contribution in [3.63, 3.8) is 0 Å². The molecule has 1 fully saturated rings. The fraction of sp³-hybridized carbons (Fsp3) is 0.375. The van der Waals surface area contributed by atoms with Crippen LogP contribution in [-0.2, 0) is 14.3 Å². The molecule has 11 nitrogen and oxygen atoms in total. The van der Waals surface area contributed by atoms with Gasteiger partial charge in [0.1, 0.15) is 11.8 Å². The Hall–Kier alpha value is -4.15. The number of rotatable bonds is 6. The number of benzene rings is 2. The van der Waals surface area contributed by atoms with Crippen LogP contribution < -0.4 is 15.0 Å². The minimum Gasteiger partial charge on any atom is -0.495 e. The van der Waals surface area contributed by atoms with E-state index in [1.807, 2.05) is 29.2 Å². The van der Waals surface area contributed by atoms with E-state index < -0.39 is 28.8 Å². The van der Waals surface area contributed by atoms with Crippen molar-refractivity contribution in [2.24, 2.45) is 10.9 Å². The van der Waals surface area contributed by atoms with E-state index in [-0.39, 0.29) is 12.3 Å². The number of non-ortho nitro benzene ring substituents is 1. The first-order valence-corrected chi connectivity index (χ1v) is 11.4. The smallest absolute Gasteiger partial charge is 0.321 e. The number of carbonyl (C=O) groups is 2.